The summed E-state index contributed by atoms with van der Waals surface area (Å²) in [4.78, 5) is 23.4. The molecule has 0 saturated heterocycles. The fourth-order valence-corrected chi connectivity index (χ4v) is 4.38. The van der Waals surface area contributed by atoms with Crippen molar-refractivity contribution < 1.29 is 32.3 Å². The van der Waals surface area contributed by atoms with Gasteiger partial charge in [-0.3, -0.25) is 14.9 Å². The minimum absolute atomic E-state index is 0.0228. The summed E-state index contributed by atoms with van der Waals surface area (Å²) in [7, 11) is -3.95. The first-order valence-corrected chi connectivity index (χ1v) is 10.9. The van der Waals surface area contributed by atoms with Crippen LogP contribution in [0.25, 0.3) is 0 Å². The highest BCUT2D eigenvalue weighted by Crippen LogP contribution is 2.33. The van der Waals surface area contributed by atoms with Gasteiger partial charge < -0.3 is 14.2 Å². The third kappa shape index (κ3) is 5.37. The molecule has 2 aromatic rings. The minimum Gasteiger partial charge on any atom is -0.467 e. The number of carbonyl (C=O) groups excluding carboxylic acids is 1. The van der Waals surface area contributed by atoms with Crippen LogP contribution in [0.4, 0.5) is 5.69 Å². The standard InChI is InChI=1S/C20H22N2O8S/c1-13(2)18(21-31(26,27)17-6-4-3-5-7-17)20(23)29-11-15-9-16(22(24)25)8-14-10-28-12-30-19(14)15/h3-9,13,18,21H,10-12H2,1-2H3/t18-/m1/s1. The van der Waals surface area contributed by atoms with Gasteiger partial charge in [-0.1, -0.05) is 32.0 Å². The van der Waals surface area contributed by atoms with Gasteiger partial charge in [0.15, 0.2) is 6.79 Å². The van der Waals surface area contributed by atoms with Crippen molar-refractivity contribution in [2.45, 2.75) is 38.0 Å². The van der Waals surface area contributed by atoms with Gasteiger partial charge in [-0.05, 0) is 18.1 Å². The van der Waals surface area contributed by atoms with Crippen molar-refractivity contribution in [2.75, 3.05) is 6.79 Å². The van der Waals surface area contributed by atoms with E-state index in [1.165, 1.54) is 24.3 Å². The SMILES string of the molecule is CC(C)[C@@H](NS(=O)(=O)c1ccccc1)C(=O)OCc1cc([N+](=O)[O-])cc2c1OCOC2. The molecule has 0 bridgehead atoms. The van der Waals surface area contributed by atoms with Crippen LogP contribution in [0.3, 0.4) is 0 Å². The number of carbonyl (C=O) groups is 1. The first-order chi connectivity index (χ1) is 14.7. The van der Waals surface area contributed by atoms with E-state index in [9.17, 15) is 23.3 Å². The van der Waals surface area contributed by atoms with Crippen LogP contribution in [-0.4, -0.2) is 32.1 Å². The second kappa shape index (κ2) is 9.41. The molecule has 10 nitrogen and oxygen atoms in total. The molecular weight excluding hydrogens is 428 g/mol. The average molecular weight is 450 g/mol. The first kappa shape index (κ1) is 22.7. The number of ether oxygens (including phenoxy) is 3. The summed E-state index contributed by atoms with van der Waals surface area (Å²) >= 11 is 0. The lowest BCUT2D eigenvalue weighted by molar-refractivity contribution is -0.385. The first-order valence-electron chi connectivity index (χ1n) is 9.44. The van der Waals surface area contributed by atoms with Crippen molar-refractivity contribution in [3.63, 3.8) is 0 Å². The Kier molecular flexibility index (Phi) is 6.88. The topological polar surface area (TPSA) is 134 Å². The largest absolute Gasteiger partial charge is 0.467 e. The minimum atomic E-state index is -3.95. The van der Waals surface area contributed by atoms with E-state index in [0.717, 1.165) is 0 Å². The predicted molar refractivity (Wildman–Crippen MR) is 109 cm³/mol. The number of nitrogens with zero attached hydrogens (tertiary/aromatic N) is 1. The molecule has 1 heterocycles. The number of hydrogen-bond donors (Lipinski definition) is 1. The summed E-state index contributed by atoms with van der Waals surface area (Å²) < 4.78 is 43.5. The molecule has 0 radical (unpaired) electrons. The molecule has 1 N–H and O–H groups in total. The molecule has 0 aromatic heterocycles. The number of non-ortho nitro benzene ring substituents is 1. The lowest BCUT2D eigenvalue weighted by atomic mass is 10.1. The zero-order valence-electron chi connectivity index (χ0n) is 16.9. The number of benzene rings is 2. The highest BCUT2D eigenvalue weighted by molar-refractivity contribution is 7.89. The number of nitro benzene ring substituents is 1. The van der Waals surface area contributed by atoms with Gasteiger partial charge in [0.2, 0.25) is 10.0 Å². The van der Waals surface area contributed by atoms with Crippen LogP contribution in [0, 0.1) is 16.0 Å². The molecule has 2 aromatic carbocycles. The Labute approximate surface area is 179 Å². The van der Waals surface area contributed by atoms with Gasteiger partial charge in [0.05, 0.1) is 16.4 Å². The summed E-state index contributed by atoms with van der Waals surface area (Å²) in [6, 6.07) is 9.11. The van der Waals surface area contributed by atoms with Gasteiger partial charge in [0.1, 0.15) is 18.4 Å². The molecule has 11 heteroatoms. The van der Waals surface area contributed by atoms with E-state index in [1.807, 2.05) is 0 Å². The van der Waals surface area contributed by atoms with Crippen molar-refractivity contribution in [3.8, 4) is 5.75 Å². The van der Waals surface area contributed by atoms with Gasteiger partial charge >= 0.3 is 5.97 Å². The van der Waals surface area contributed by atoms with Crippen molar-refractivity contribution in [1.29, 1.82) is 0 Å². The van der Waals surface area contributed by atoms with E-state index in [-0.39, 0.29) is 30.6 Å². The number of nitrogens with one attached hydrogen (secondary N) is 1. The Balaban J connectivity index is 1.78. The second-order valence-electron chi connectivity index (χ2n) is 7.22. The molecule has 1 atom stereocenters. The zero-order chi connectivity index (χ0) is 22.6. The zero-order valence-corrected chi connectivity index (χ0v) is 17.8. The predicted octanol–water partition coefficient (Wildman–Crippen LogP) is 2.51. The smallest absolute Gasteiger partial charge is 0.324 e. The maximum Gasteiger partial charge on any atom is 0.324 e. The van der Waals surface area contributed by atoms with E-state index >= 15 is 0 Å². The Bertz CT molecular complexity index is 1070. The second-order valence-corrected chi connectivity index (χ2v) is 8.94. The number of fused-ring (bicyclic) bond motifs is 1. The maximum absolute atomic E-state index is 12.7. The molecule has 0 unspecified atom stereocenters. The van der Waals surface area contributed by atoms with Crippen LogP contribution in [0.15, 0.2) is 47.4 Å². The van der Waals surface area contributed by atoms with Gasteiger partial charge in [-0.2, -0.15) is 4.72 Å². The molecule has 0 fully saturated rings. The number of sulfonamides is 1. The summed E-state index contributed by atoms with van der Waals surface area (Å²) in [5, 5.41) is 11.2. The van der Waals surface area contributed by atoms with Crippen LogP contribution in [-0.2, 0) is 37.5 Å². The molecule has 0 saturated carbocycles. The summed E-state index contributed by atoms with van der Waals surface area (Å²) in [5.74, 6) is -0.855. The fourth-order valence-electron chi connectivity index (χ4n) is 3.02. The Morgan fingerprint density at radius 1 is 1.26 bits per heavy atom. The lowest BCUT2D eigenvalue weighted by Gasteiger charge is -2.23. The fraction of sp³-hybridized carbons (Fsp3) is 0.350. The van der Waals surface area contributed by atoms with E-state index in [2.05, 4.69) is 4.72 Å². The molecule has 0 spiro atoms. The van der Waals surface area contributed by atoms with E-state index < -0.39 is 32.9 Å². The molecule has 1 aliphatic rings. The van der Waals surface area contributed by atoms with Gasteiger partial charge in [-0.25, -0.2) is 8.42 Å². The molecule has 31 heavy (non-hydrogen) atoms. The maximum atomic E-state index is 12.7. The third-order valence-electron chi connectivity index (χ3n) is 4.61. The molecule has 0 aliphatic carbocycles. The Morgan fingerprint density at radius 2 is 1.97 bits per heavy atom. The van der Waals surface area contributed by atoms with Crippen LogP contribution in [0.5, 0.6) is 5.75 Å². The quantitative estimate of drug-likeness (QED) is 0.368. The number of esters is 1. The van der Waals surface area contributed by atoms with Gasteiger partial charge in [0.25, 0.3) is 5.69 Å². The van der Waals surface area contributed by atoms with Crippen LogP contribution < -0.4 is 9.46 Å². The van der Waals surface area contributed by atoms with Crippen molar-refractivity contribution in [1.82, 2.24) is 4.72 Å². The highest BCUT2D eigenvalue weighted by Gasteiger charge is 2.30. The Hall–Kier alpha value is -3.02. The normalized spacial score (nSPS) is 14.4. The number of nitro groups is 1. The third-order valence-corrected chi connectivity index (χ3v) is 6.07. The molecule has 1 aliphatic heterocycles. The molecule has 166 valence electrons. The molecule has 3 rings (SSSR count). The van der Waals surface area contributed by atoms with Gasteiger partial charge in [0, 0.05) is 23.3 Å². The van der Waals surface area contributed by atoms with Crippen LogP contribution in [0.2, 0.25) is 0 Å². The molecular formula is C20H22N2O8S. The Morgan fingerprint density at radius 3 is 2.61 bits per heavy atom. The lowest BCUT2D eigenvalue weighted by Crippen LogP contribution is -2.45. The molecule has 0 amide bonds. The number of hydrogen-bond acceptors (Lipinski definition) is 8. The van der Waals surface area contributed by atoms with Gasteiger partial charge in [-0.15, -0.1) is 0 Å². The van der Waals surface area contributed by atoms with E-state index in [0.29, 0.717) is 16.9 Å². The van der Waals surface area contributed by atoms with Crippen molar-refractivity contribution in [3.05, 3.63) is 63.7 Å². The van der Waals surface area contributed by atoms with Crippen LogP contribution >= 0.6 is 0 Å². The summed E-state index contributed by atoms with van der Waals surface area (Å²) in [5.41, 5.74) is 0.579. The van der Waals surface area contributed by atoms with Crippen molar-refractivity contribution in [2.24, 2.45) is 5.92 Å². The highest BCUT2D eigenvalue weighted by atomic mass is 32.2. The summed E-state index contributed by atoms with van der Waals surface area (Å²) in [6.07, 6.45) is 0. The number of rotatable bonds is 8. The van der Waals surface area contributed by atoms with E-state index in [4.69, 9.17) is 14.2 Å². The average Bonchev–Trinajstić information content (AvgIpc) is 2.75. The monoisotopic (exact) mass is 450 g/mol. The van der Waals surface area contributed by atoms with E-state index in [1.54, 1.807) is 32.0 Å². The summed E-state index contributed by atoms with van der Waals surface area (Å²) in [6.45, 7) is 3.13. The van der Waals surface area contributed by atoms with Crippen LogP contribution in [0.1, 0.15) is 25.0 Å². The van der Waals surface area contributed by atoms with Crippen molar-refractivity contribution >= 4 is 21.7 Å².